The number of benzene rings is 1. The lowest BCUT2D eigenvalue weighted by atomic mass is 10.0. The summed E-state index contributed by atoms with van der Waals surface area (Å²) in [5.41, 5.74) is 8.84. The number of hydrogen-bond acceptors (Lipinski definition) is 3. The first-order valence-corrected chi connectivity index (χ1v) is 4.72. The van der Waals surface area contributed by atoms with Gasteiger partial charge in [0, 0.05) is 5.56 Å². The second-order valence-corrected chi connectivity index (χ2v) is 3.29. The van der Waals surface area contributed by atoms with Crippen molar-refractivity contribution in [2.24, 2.45) is 0 Å². The number of hydrogen-bond donors (Lipinski definition) is 2. The standard InChI is InChI=1S/C12H12N2O/c13-10-5-6-12(14-7-10)11-4-2-1-3-9(11)8-15/h1-7,15H,8,13H2. The van der Waals surface area contributed by atoms with Crippen LogP contribution in [-0.2, 0) is 6.61 Å². The molecule has 0 amide bonds. The first-order chi connectivity index (χ1) is 7.31. The second-order valence-electron chi connectivity index (χ2n) is 3.29. The minimum absolute atomic E-state index is 0.0161. The maximum absolute atomic E-state index is 9.18. The number of rotatable bonds is 2. The van der Waals surface area contributed by atoms with Gasteiger partial charge in [-0.05, 0) is 17.7 Å². The first kappa shape index (κ1) is 9.68. The van der Waals surface area contributed by atoms with Crippen LogP contribution in [0, 0.1) is 0 Å². The van der Waals surface area contributed by atoms with Crippen molar-refractivity contribution >= 4 is 5.69 Å². The molecule has 2 aromatic rings. The molecule has 0 spiro atoms. The molecule has 0 radical (unpaired) electrons. The van der Waals surface area contributed by atoms with Crippen molar-refractivity contribution in [3.8, 4) is 11.3 Å². The molecule has 0 aliphatic carbocycles. The van der Waals surface area contributed by atoms with Crippen molar-refractivity contribution < 1.29 is 5.11 Å². The Morgan fingerprint density at radius 1 is 1.13 bits per heavy atom. The van der Waals surface area contributed by atoms with E-state index in [2.05, 4.69) is 4.98 Å². The highest BCUT2D eigenvalue weighted by Gasteiger charge is 2.03. The Bertz CT molecular complexity index is 451. The van der Waals surface area contributed by atoms with E-state index in [0.717, 1.165) is 16.8 Å². The largest absolute Gasteiger partial charge is 0.397 e. The van der Waals surface area contributed by atoms with E-state index in [1.54, 1.807) is 12.3 Å². The number of anilines is 1. The Kier molecular flexibility index (Phi) is 2.65. The summed E-state index contributed by atoms with van der Waals surface area (Å²) < 4.78 is 0. The van der Waals surface area contributed by atoms with Crippen molar-refractivity contribution in [1.82, 2.24) is 4.98 Å². The summed E-state index contributed by atoms with van der Waals surface area (Å²) in [5.74, 6) is 0. The Morgan fingerprint density at radius 2 is 1.93 bits per heavy atom. The zero-order chi connectivity index (χ0) is 10.7. The van der Waals surface area contributed by atoms with Crippen LogP contribution in [0.15, 0.2) is 42.6 Å². The quantitative estimate of drug-likeness (QED) is 0.777. The highest BCUT2D eigenvalue weighted by Crippen LogP contribution is 2.21. The molecule has 0 saturated heterocycles. The van der Waals surface area contributed by atoms with Crippen LogP contribution in [0.1, 0.15) is 5.56 Å². The molecule has 3 heteroatoms. The zero-order valence-electron chi connectivity index (χ0n) is 8.22. The molecule has 0 bridgehead atoms. The normalized spacial score (nSPS) is 10.2. The van der Waals surface area contributed by atoms with Gasteiger partial charge in [0.15, 0.2) is 0 Å². The Hall–Kier alpha value is -1.87. The third-order valence-electron chi connectivity index (χ3n) is 2.25. The van der Waals surface area contributed by atoms with E-state index in [-0.39, 0.29) is 6.61 Å². The van der Waals surface area contributed by atoms with Crippen LogP contribution in [0.5, 0.6) is 0 Å². The molecule has 0 saturated carbocycles. The summed E-state index contributed by atoms with van der Waals surface area (Å²) in [5, 5.41) is 9.18. The molecule has 0 unspecified atom stereocenters. The summed E-state index contributed by atoms with van der Waals surface area (Å²) >= 11 is 0. The molecule has 0 fully saturated rings. The molecule has 0 aliphatic heterocycles. The minimum Gasteiger partial charge on any atom is -0.397 e. The summed E-state index contributed by atoms with van der Waals surface area (Å²) in [6, 6.07) is 11.3. The smallest absolute Gasteiger partial charge is 0.0707 e. The molecule has 0 aliphatic rings. The fourth-order valence-corrected chi connectivity index (χ4v) is 1.47. The van der Waals surface area contributed by atoms with E-state index in [1.165, 1.54) is 0 Å². The Morgan fingerprint density at radius 3 is 2.60 bits per heavy atom. The Balaban J connectivity index is 2.49. The van der Waals surface area contributed by atoms with E-state index in [9.17, 15) is 5.11 Å². The predicted octanol–water partition coefficient (Wildman–Crippen LogP) is 1.82. The summed E-state index contributed by atoms with van der Waals surface area (Å²) in [6.45, 7) is 0.0161. The van der Waals surface area contributed by atoms with Crippen LogP contribution in [0.25, 0.3) is 11.3 Å². The molecule has 0 atom stereocenters. The summed E-state index contributed by atoms with van der Waals surface area (Å²) in [4.78, 5) is 4.22. The van der Waals surface area contributed by atoms with Crippen LogP contribution in [0.4, 0.5) is 5.69 Å². The number of nitrogen functional groups attached to an aromatic ring is 1. The second kappa shape index (κ2) is 4.11. The molecular formula is C12H12N2O. The fraction of sp³-hybridized carbons (Fsp3) is 0.0833. The lowest BCUT2D eigenvalue weighted by Crippen LogP contribution is -1.92. The third-order valence-corrected chi connectivity index (χ3v) is 2.25. The Labute approximate surface area is 88.2 Å². The average Bonchev–Trinajstić information content (AvgIpc) is 2.30. The molecule has 76 valence electrons. The highest BCUT2D eigenvalue weighted by atomic mass is 16.3. The topological polar surface area (TPSA) is 59.1 Å². The number of nitrogens with zero attached hydrogens (tertiary/aromatic N) is 1. The number of pyridine rings is 1. The van der Waals surface area contributed by atoms with Gasteiger partial charge in [-0.15, -0.1) is 0 Å². The molecule has 1 heterocycles. The van der Waals surface area contributed by atoms with Crippen molar-refractivity contribution in [3.05, 3.63) is 48.2 Å². The van der Waals surface area contributed by atoms with Gasteiger partial charge in [-0.2, -0.15) is 0 Å². The van der Waals surface area contributed by atoms with Crippen LogP contribution in [0.2, 0.25) is 0 Å². The molecule has 1 aromatic carbocycles. The van der Waals surface area contributed by atoms with Gasteiger partial charge in [-0.3, -0.25) is 4.98 Å². The molecule has 3 nitrogen and oxygen atoms in total. The molecular weight excluding hydrogens is 188 g/mol. The van der Waals surface area contributed by atoms with Crippen molar-refractivity contribution in [2.75, 3.05) is 5.73 Å². The van der Waals surface area contributed by atoms with Gasteiger partial charge < -0.3 is 10.8 Å². The maximum Gasteiger partial charge on any atom is 0.0707 e. The first-order valence-electron chi connectivity index (χ1n) is 4.72. The van der Waals surface area contributed by atoms with Gasteiger partial charge in [-0.25, -0.2) is 0 Å². The van der Waals surface area contributed by atoms with Gasteiger partial charge in [0.05, 0.1) is 24.2 Å². The van der Waals surface area contributed by atoms with Gasteiger partial charge >= 0.3 is 0 Å². The monoisotopic (exact) mass is 200 g/mol. The van der Waals surface area contributed by atoms with Crippen molar-refractivity contribution in [3.63, 3.8) is 0 Å². The van der Waals surface area contributed by atoms with Crippen LogP contribution >= 0.6 is 0 Å². The number of aromatic nitrogens is 1. The van der Waals surface area contributed by atoms with E-state index in [4.69, 9.17) is 5.73 Å². The van der Waals surface area contributed by atoms with Gasteiger partial charge in [0.25, 0.3) is 0 Å². The van der Waals surface area contributed by atoms with E-state index < -0.39 is 0 Å². The molecule has 1 aromatic heterocycles. The average molecular weight is 200 g/mol. The summed E-state index contributed by atoms with van der Waals surface area (Å²) in [7, 11) is 0. The van der Waals surface area contributed by atoms with Crippen molar-refractivity contribution in [2.45, 2.75) is 6.61 Å². The van der Waals surface area contributed by atoms with Gasteiger partial charge in [-0.1, -0.05) is 24.3 Å². The molecule has 3 N–H and O–H groups in total. The number of nitrogens with two attached hydrogens (primary N) is 1. The SMILES string of the molecule is Nc1ccc(-c2ccccc2CO)nc1. The third kappa shape index (κ3) is 1.97. The lowest BCUT2D eigenvalue weighted by molar-refractivity contribution is 0.282. The van der Waals surface area contributed by atoms with Crippen LogP contribution < -0.4 is 5.73 Å². The predicted molar refractivity (Wildman–Crippen MR) is 60.0 cm³/mol. The molecule has 2 rings (SSSR count). The number of aliphatic hydroxyl groups excluding tert-OH is 1. The van der Waals surface area contributed by atoms with Crippen molar-refractivity contribution in [1.29, 1.82) is 0 Å². The van der Waals surface area contributed by atoms with E-state index in [1.807, 2.05) is 30.3 Å². The van der Waals surface area contributed by atoms with E-state index >= 15 is 0 Å². The van der Waals surface area contributed by atoms with Gasteiger partial charge in [0.1, 0.15) is 0 Å². The maximum atomic E-state index is 9.18. The van der Waals surface area contributed by atoms with Crippen LogP contribution in [0.3, 0.4) is 0 Å². The van der Waals surface area contributed by atoms with E-state index in [0.29, 0.717) is 5.69 Å². The van der Waals surface area contributed by atoms with Crippen LogP contribution in [-0.4, -0.2) is 10.1 Å². The summed E-state index contributed by atoms with van der Waals surface area (Å²) in [6.07, 6.45) is 1.61. The van der Waals surface area contributed by atoms with Gasteiger partial charge in [0.2, 0.25) is 0 Å². The minimum atomic E-state index is 0.0161. The lowest BCUT2D eigenvalue weighted by Gasteiger charge is -2.06. The zero-order valence-corrected chi connectivity index (χ0v) is 8.22. The fourth-order valence-electron chi connectivity index (χ4n) is 1.47. The highest BCUT2D eigenvalue weighted by molar-refractivity contribution is 5.64. The molecule has 15 heavy (non-hydrogen) atoms. The number of aliphatic hydroxyl groups is 1.